The molecule has 0 amide bonds. The van der Waals surface area contributed by atoms with Crippen LogP contribution in [0.5, 0.6) is 0 Å². The van der Waals surface area contributed by atoms with Crippen LogP contribution in [0.2, 0.25) is 0 Å². The SMILES string of the molecule is CC(CNCc1cnc[nH]1)c1ccccc1. The zero-order chi connectivity index (χ0) is 11.2. The molecule has 2 N–H and O–H groups in total. The Morgan fingerprint density at radius 2 is 2.12 bits per heavy atom. The summed E-state index contributed by atoms with van der Waals surface area (Å²) in [5, 5.41) is 3.41. The number of nitrogens with one attached hydrogen (secondary N) is 2. The van der Waals surface area contributed by atoms with E-state index in [1.165, 1.54) is 5.56 Å². The Hall–Kier alpha value is -1.61. The number of rotatable bonds is 5. The third-order valence-electron chi connectivity index (χ3n) is 2.69. The Labute approximate surface area is 95.9 Å². The van der Waals surface area contributed by atoms with Gasteiger partial charge in [0.25, 0.3) is 0 Å². The van der Waals surface area contributed by atoms with Crippen molar-refractivity contribution in [2.45, 2.75) is 19.4 Å². The molecule has 0 fully saturated rings. The molecular weight excluding hydrogens is 198 g/mol. The molecule has 2 aromatic rings. The summed E-state index contributed by atoms with van der Waals surface area (Å²) >= 11 is 0. The smallest absolute Gasteiger partial charge is 0.0922 e. The van der Waals surface area contributed by atoms with Crippen LogP contribution in [0.4, 0.5) is 0 Å². The maximum Gasteiger partial charge on any atom is 0.0922 e. The van der Waals surface area contributed by atoms with E-state index in [-0.39, 0.29) is 0 Å². The van der Waals surface area contributed by atoms with Crippen LogP contribution in [0.1, 0.15) is 24.1 Å². The predicted molar refractivity (Wildman–Crippen MR) is 65.2 cm³/mol. The molecule has 0 spiro atoms. The lowest BCUT2D eigenvalue weighted by atomic mass is 10.0. The van der Waals surface area contributed by atoms with Crippen LogP contribution >= 0.6 is 0 Å². The molecule has 0 bridgehead atoms. The lowest BCUT2D eigenvalue weighted by molar-refractivity contribution is 0.609. The zero-order valence-corrected chi connectivity index (χ0v) is 9.48. The van der Waals surface area contributed by atoms with Gasteiger partial charge in [-0.15, -0.1) is 0 Å². The molecule has 2 rings (SSSR count). The molecule has 1 aromatic carbocycles. The Bertz CT molecular complexity index is 394. The van der Waals surface area contributed by atoms with Gasteiger partial charge in [-0.3, -0.25) is 0 Å². The van der Waals surface area contributed by atoms with E-state index in [1.807, 2.05) is 12.3 Å². The topological polar surface area (TPSA) is 40.7 Å². The van der Waals surface area contributed by atoms with Crippen molar-refractivity contribution in [3.8, 4) is 0 Å². The molecule has 0 aliphatic carbocycles. The Morgan fingerprint density at radius 1 is 1.31 bits per heavy atom. The molecule has 0 aliphatic heterocycles. The third kappa shape index (κ3) is 2.94. The van der Waals surface area contributed by atoms with E-state index in [0.717, 1.165) is 18.8 Å². The number of H-pyrrole nitrogens is 1. The van der Waals surface area contributed by atoms with Gasteiger partial charge in [0.05, 0.1) is 6.33 Å². The number of imidazole rings is 1. The molecule has 0 aliphatic rings. The first kappa shape index (κ1) is 10.9. The van der Waals surface area contributed by atoms with Crippen molar-refractivity contribution < 1.29 is 0 Å². The van der Waals surface area contributed by atoms with Crippen molar-refractivity contribution >= 4 is 0 Å². The van der Waals surface area contributed by atoms with Crippen LogP contribution in [0, 0.1) is 0 Å². The number of nitrogens with zero attached hydrogens (tertiary/aromatic N) is 1. The highest BCUT2D eigenvalue weighted by atomic mass is 14.9. The van der Waals surface area contributed by atoms with Crippen LogP contribution in [0.3, 0.4) is 0 Å². The highest BCUT2D eigenvalue weighted by molar-refractivity contribution is 5.18. The summed E-state index contributed by atoms with van der Waals surface area (Å²) in [7, 11) is 0. The molecule has 1 heterocycles. The number of hydrogen-bond donors (Lipinski definition) is 2. The van der Waals surface area contributed by atoms with E-state index in [1.54, 1.807) is 6.33 Å². The van der Waals surface area contributed by atoms with E-state index < -0.39 is 0 Å². The molecular formula is C13H17N3. The average Bonchev–Trinajstić information content (AvgIpc) is 2.83. The monoisotopic (exact) mass is 215 g/mol. The quantitative estimate of drug-likeness (QED) is 0.803. The van der Waals surface area contributed by atoms with Gasteiger partial charge < -0.3 is 10.3 Å². The van der Waals surface area contributed by atoms with Crippen molar-refractivity contribution in [2.75, 3.05) is 6.54 Å². The number of benzene rings is 1. The van der Waals surface area contributed by atoms with E-state index >= 15 is 0 Å². The molecule has 0 saturated heterocycles. The van der Waals surface area contributed by atoms with Crippen molar-refractivity contribution in [1.82, 2.24) is 15.3 Å². The summed E-state index contributed by atoms with van der Waals surface area (Å²) in [6.07, 6.45) is 3.55. The average molecular weight is 215 g/mol. The fourth-order valence-corrected chi connectivity index (χ4v) is 1.70. The van der Waals surface area contributed by atoms with E-state index in [9.17, 15) is 0 Å². The van der Waals surface area contributed by atoms with Crippen molar-refractivity contribution in [3.63, 3.8) is 0 Å². The summed E-state index contributed by atoms with van der Waals surface area (Å²) in [5.41, 5.74) is 2.50. The maximum atomic E-state index is 3.98. The largest absolute Gasteiger partial charge is 0.347 e. The van der Waals surface area contributed by atoms with Crippen LogP contribution in [0.25, 0.3) is 0 Å². The minimum absolute atomic E-state index is 0.532. The maximum absolute atomic E-state index is 3.98. The second kappa shape index (κ2) is 5.47. The second-order valence-corrected chi connectivity index (χ2v) is 4.02. The van der Waals surface area contributed by atoms with Gasteiger partial charge in [0, 0.05) is 25.0 Å². The molecule has 0 saturated carbocycles. The zero-order valence-electron chi connectivity index (χ0n) is 9.48. The van der Waals surface area contributed by atoms with Gasteiger partial charge in [0.1, 0.15) is 0 Å². The molecule has 1 atom stereocenters. The van der Waals surface area contributed by atoms with Gasteiger partial charge in [-0.2, -0.15) is 0 Å². The number of aromatic amines is 1. The summed E-state index contributed by atoms with van der Waals surface area (Å²) in [4.78, 5) is 7.06. The first-order chi connectivity index (χ1) is 7.86. The number of hydrogen-bond acceptors (Lipinski definition) is 2. The summed E-state index contributed by atoms with van der Waals surface area (Å²) in [6.45, 7) is 4.05. The predicted octanol–water partition coefficient (Wildman–Crippen LogP) is 2.30. The highest BCUT2D eigenvalue weighted by Crippen LogP contribution is 2.12. The van der Waals surface area contributed by atoms with E-state index in [0.29, 0.717) is 5.92 Å². The molecule has 1 aromatic heterocycles. The Kier molecular flexibility index (Phi) is 3.72. The number of aromatic nitrogens is 2. The van der Waals surface area contributed by atoms with Gasteiger partial charge in [-0.25, -0.2) is 4.98 Å². The minimum atomic E-state index is 0.532. The van der Waals surface area contributed by atoms with Crippen LogP contribution in [-0.2, 0) is 6.54 Å². The standard InChI is InChI=1S/C13H17N3/c1-11(12-5-3-2-4-6-12)7-14-8-13-9-15-10-16-13/h2-6,9-11,14H,7-8H2,1H3,(H,15,16). The molecule has 3 heteroatoms. The van der Waals surface area contributed by atoms with E-state index in [2.05, 4.69) is 46.5 Å². The second-order valence-electron chi connectivity index (χ2n) is 4.02. The van der Waals surface area contributed by atoms with Crippen molar-refractivity contribution in [1.29, 1.82) is 0 Å². The molecule has 3 nitrogen and oxygen atoms in total. The fraction of sp³-hybridized carbons (Fsp3) is 0.308. The third-order valence-corrected chi connectivity index (χ3v) is 2.69. The molecule has 16 heavy (non-hydrogen) atoms. The van der Waals surface area contributed by atoms with E-state index in [4.69, 9.17) is 0 Å². The van der Waals surface area contributed by atoms with Crippen LogP contribution < -0.4 is 5.32 Å². The first-order valence-corrected chi connectivity index (χ1v) is 5.59. The van der Waals surface area contributed by atoms with Gasteiger partial charge in [-0.1, -0.05) is 37.3 Å². The van der Waals surface area contributed by atoms with Crippen molar-refractivity contribution in [2.24, 2.45) is 0 Å². The van der Waals surface area contributed by atoms with Gasteiger partial charge in [0.2, 0.25) is 0 Å². The Morgan fingerprint density at radius 3 is 2.81 bits per heavy atom. The van der Waals surface area contributed by atoms with Crippen molar-refractivity contribution in [3.05, 3.63) is 54.1 Å². The van der Waals surface area contributed by atoms with Gasteiger partial charge in [0.15, 0.2) is 0 Å². The lowest BCUT2D eigenvalue weighted by Crippen LogP contribution is -2.19. The normalized spacial score (nSPS) is 12.6. The fourth-order valence-electron chi connectivity index (χ4n) is 1.70. The van der Waals surface area contributed by atoms with Crippen LogP contribution in [0.15, 0.2) is 42.9 Å². The molecule has 1 unspecified atom stereocenters. The lowest BCUT2D eigenvalue weighted by Gasteiger charge is -2.12. The summed E-state index contributed by atoms with van der Waals surface area (Å²) in [5.74, 6) is 0.532. The summed E-state index contributed by atoms with van der Waals surface area (Å²) < 4.78 is 0. The van der Waals surface area contributed by atoms with Gasteiger partial charge in [-0.05, 0) is 11.5 Å². The molecule has 0 radical (unpaired) electrons. The minimum Gasteiger partial charge on any atom is -0.347 e. The highest BCUT2D eigenvalue weighted by Gasteiger charge is 2.03. The first-order valence-electron chi connectivity index (χ1n) is 5.59. The van der Waals surface area contributed by atoms with Crippen LogP contribution in [-0.4, -0.2) is 16.5 Å². The molecule has 84 valence electrons. The summed E-state index contributed by atoms with van der Waals surface area (Å²) in [6, 6.07) is 10.6. The Balaban J connectivity index is 1.78. The van der Waals surface area contributed by atoms with Gasteiger partial charge >= 0.3 is 0 Å².